The third-order valence-corrected chi connectivity index (χ3v) is 5.09. The van der Waals surface area contributed by atoms with Crippen molar-refractivity contribution in [3.05, 3.63) is 71.9 Å². The highest BCUT2D eigenvalue weighted by Crippen LogP contribution is 2.25. The lowest BCUT2D eigenvalue weighted by atomic mass is 9.89. The van der Waals surface area contributed by atoms with Crippen LogP contribution < -0.4 is 0 Å². The van der Waals surface area contributed by atoms with E-state index in [9.17, 15) is 14.7 Å². The van der Waals surface area contributed by atoms with Gasteiger partial charge in [0.1, 0.15) is 5.75 Å². The third kappa shape index (κ3) is 3.67. The highest BCUT2D eigenvalue weighted by molar-refractivity contribution is 5.98. The molecule has 1 aliphatic rings. The van der Waals surface area contributed by atoms with E-state index in [1.807, 2.05) is 30.3 Å². The Labute approximate surface area is 162 Å². The summed E-state index contributed by atoms with van der Waals surface area (Å²) >= 11 is 0. The number of carbonyl (C=O) groups excluding carboxylic acids is 2. The zero-order valence-electron chi connectivity index (χ0n) is 15.2. The average molecular weight is 376 g/mol. The lowest BCUT2D eigenvalue weighted by Gasteiger charge is -2.30. The predicted molar refractivity (Wildman–Crippen MR) is 103 cm³/mol. The van der Waals surface area contributed by atoms with Crippen molar-refractivity contribution in [1.29, 1.82) is 0 Å². The molecule has 142 valence electrons. The highest BCUT2D eigenvalue weighted by atomic mass is 16.5. The fourth-order valence-corrected chi connectivity index (χ4v) is 3.48. The van der Waals surface area contributed by atoms with Crippen molar-refractivity contribution in [3.8, 4) is 17.1 Å². The number of hydrogen-bond acceptors (Lipinski definition) is 5. The number of benzene rings is 2. The summed E-state index contributed by atoms with van der Waals surface area (Å²) in [5.74, 6) is 0.452. The van der Waals surface area contributed by atoms with Gasteiger partial charge in [-0.15, -0.1) is 0 Å². The minimum Gasteiger partial charge on any atom is -0.508 e. The van der Waals surface area contributed by atoms with Crippen molar-refractivity contribution in [2.75, 3.05) is 13.1 Å². The molecule has 1 amide bonds. The maximum Gasteiger partial charge on any atom is 0.276 e. The van der Waals surface area contributed by atoms with Crippen LogP contribution in [0, 0.1) is 5.92 Å². The number of amides is 1. The Bertz CT molecular complexity index is 971. The van der Waals surface area contributed by atoms with Crippen molar-refractivity contribution in [2.24, 2.45) is 5.92 Å². The third-order valence-electron chi connectivity index (χ3n) is 5.09. The van der Waals surface area contributed by atoms with E-state index in [2.05, 4.69) is 5.16 Å². The van der Waals surface area contributed by atoms with E-state index >= 15 is 0 Å². The van der Waals surface area contributed by atoms with E-state index in [4.69, 9.17) is 4.52 Å². The van der Waals surface area contributed by atoms with E-state index in [1.54, 1.807) is 23.1 Å². The number of aromatic hydroxyl groups is 1. The number of nitrogens with zero attached hydrogens (tertiary/aromatic N) is 2. The minimum atomic E-state index is -0.179. The zero-order valence-corrected chi connectivity index (χ0v) is 15.2. The second-order valence-corrected chi connectivity index (χ2v) is 6.92. The molecule has 1 aliphatic heterocycles. The summed E-state index contributed by atoms with van der Waals surface area (Å²) in [6, 6.07) is 17.5. The smallest absolute Gasteiger partial charge is 0.276 e. The van der Waals surface area contributed by atoms with Crippen molar-refractivity contribution in [3.63, 3.8) is 0 Å². The van der Waals surface area contributed by atoms with Crippen molar-refractivity contribution in [2.45, 2.75) is 12.8 Å². The normalized spacial score (nSPS) is 14.8. The number of aromatic nitrogens is 1. The van der Waals surface area contributed by atoms with Crippen LogP contribution in [-0.2, 0) is 0 Å². The highest BCUT2D eigenvalue weighted by Gasteiger charge is 2.29. The summed E-state index contributed by atoms with van der Waals surface area (Å²) in [4.78, 5) is 27.0. The number of phenolic OH excluding ortho intramolecular Hbond substituents is 1. The maximum absolute atomic E-state index is 12.7. The number of rotatable bonds is 4. The lowest BCUT2D eigenvalue weighted by Crippen LogP contribution is -2.40. The van der Waals surface area contributed by atoms with Crippen molar-refractivity contribution >= 4 is 11.7 Å². The van der Waals surface area contributed by atoms with Crippen molar-refractivity contribution in [1.82, 2.24) is 10.1 Å². The molecule has 28 heavy (non-hydrogen) atoms. The Kier molecular flexibility index (Phi) is 4.93. The van der Waals surface area contributed by atoms with Crippen LogP contribution in [0.2, 0.25) is 0 Å². The van der Waals surface area contributed by atoms with E-state index in [0.29, 0.717) is 37.3 Å². The van der Waals surface area contributed by atoms with Crippen LogP contribution in [0.15, 0.2) is 65.2 Å². The first-order valence-corrected chi connectivity index (χ1v) is 9.26. The molecule has 2 aromatic carbocycles. The van der Waals surface area contributed by atoms with E-state index in [-0.39, 0.29) is 29.1 Å². The summed E-state index contributed by atoms with van der Waals surface area (Å²) < 4.78 is 5.32. The number of piperidine rings is 1. The van der Waals surface area contributed by atoms with Gasteiger partial charge in [-0.3, -0.25) is 9.59 Å². The number of carbonyl (C=O) groups is 2. The molecular weight excluding hydrogens is 356 g/mol. The van der Waals surface area contributed by atoms with Gasteiger partial charge in [0.05, 0.1) is 0 Å². The fourth-order valence-electron chi connectivity index (χ4n) is 3.48. The van der Waals surface area contributed by atoms with Gasteiger partial charge < -0.3 is 14.5 Å². The Hall–Kier alpha value is -3.41. The summed E-state index contributed by atoms with van der Waals surface area (Å²) in [5.41, 5.74) is 1.74. The summed E-state index contributed by atoms with van der Waals surface area (Å²) in [6.45, 7) is 1.00. The molecule has 4 rings (SSSR count). The first-order valence-electron chi connectivity index (χ1n) is 9.26. The second-order valence-electron chi connectivity index (χ2n) is 6.92. The van der Waals surface area contributed by atoms with Crippen LogP contribution in [0.1, 0.15) is 33.7 Å². The topological polar surface area (TPSA) is 83.6 Å². The summed E-state index contributed by atoms with van der Waals surface area (Å²) in [6.07, 6.45) is 1.21. The Morgan fingerprint density at radius 1 is 1.00 bits per heavy atom. The predicted octanol–water partition coefficient (Wildman–Crippen LogP) is 3.78. The molecular formula is C22H20N2O4. The lowest BCUT2D eigenvalue weighted by molar-refractivity contribution is 0.0642. The molecule has 1 saturated heterocycles. The van der Waals surface area contributed by atoms with Gasteiger partial charge in [-0.1, -0.05) is 35.5 Å². The number of hydrogen-bond donors (Lipinski definition) is 1. The molecule has 1 N–H and O–H groups in total. The van der Waals surface area contributed by atoms with Crippen LogP contribution in [0.25, 0.3) is 11.3 Å². The van der Waals surface area contributed by atoms with E-state index in [0.717, 1.165) is 5.56 Å². The van der Waals surface area contributed by atoms with Gasteiger partial charge >= 0.3 is 0 Å². The van der Waals surface area contributed by atoms with Gasteiger partial charge in [0, 0.05) is 36.2 Å². The molecule has 0 unspecified atom stereocenters. The first kappa shape index (κ1) is 18.0. The largest absolute Gasteiger partial charge is 0.508 e. The molecule has 0 aliphatic carbocycles. The minimum absolute atomic E-state index is 0.0555. The molecule has 0 bridgehead atoms. The molecule has 0 spiro atoms. The number of phenols is 1. The molecule has 0 saturated carbocycles. The van der Waals surface area contributed by atoms with Gasteiger partial charge in [-0.05, 0) is 37.1 Å². The fraction of sp³-hybridized carbons (Fsp3) is 0.227. The van der Waals surface area contributed by atoms with E-state index in [1.165, 1.54) is 12.1 Å². The molecule has 6 nitrogen and oxygen atoms in total. The zero-order chi connectivity index (χ0) is 19.5. The monoisotopic (exact) mass is 376 g/mol. The molecule has 0 radical (unpaired) electrons. The van der Waals surface area contributed by atoms with Crippen LogP contribution in [0.4, 0.5) is 0 Å². The van der Waals surface area contributed by atoms with Crippen molar-refractivity contribution < 1.29 is 19.2 Å². The standard InChI is InChI=1S/C22H20N2O4/c25-18-8-6-16(7-9-18)21(26)17-10-12-24(13-11-17)22(27)19-14-20(28-23-19)15-4-2-1-3-5-15/h1-9,14,17,25H,10-13H2. The SMILES string of the molecule is O=C(c1ccc(O)cc1)C1CCN(C(=O)c2cc(-c3ccccc3)on2)CC1. The van der Waals surface area contributed by atoms with Gasteiger partial charge in [0.2, 0.25) is 0 Å². The number of likely N-dealkylation sites (tertiary alicyclic amines) is 1. The van der Waals surface area contributed by atoms with Crippen LogP contribution >= 0.6 is 0 Å². The van der Waals surface area contributed by atoms with Gasteiger partial charge in [-0.25, -0.2) is 0 Å². The molecule has 2 heterocycles. The number of Topliss-reactive ketones (excluding diaryl/α,β-unsaturated/α-hetero) is 1. The van der Waals surface area contributed by atoms with Gasteiger partial charge in [-0.2, -0.15) is 0 Å². The summed E-state index contributed by atoms with van der Waals surface area (Å²) in [5, 5.41) is 13.3. The van der Waals surface area contributed by atoms with Crippen LogP contribution in [-0.4, -0.2) is 39.9 Å². The maximum atomic E-state index is 12.7. The average Bonchev–Trinajstić information content (AvgIpc) is 3.24. The van der Waals surface area contributed by atoms with Gasteiger partial charge in [0.25, 0.3) is 5.91 Å². The molecule has 0 atom stereocenters. The Morgan fingerprint density at radius 3 is 2.36 bits per heavy atom. The first-order chi connectivity index (χ1) is 13.6. The second kappa shape index (κ2) is 7.68. The van der Waals surface area contributed by atoms with E-state index < -0.39 is 0 Å². The molecule has 1 aromatic heterocycles. The van der Waals surface area contributed by atoms with Crippen LogP contribution in [0.5, 0.6) is 5.75 Å². The Balaban J connectivity index is 1.38. The van der Waals surface area contributed by atoms with Crippen LogP contribution in [0.3, 0.4) is 0 Å². The molecule has 1 fully saturated rings. The number of ketones is 1. The summed E-state index contributed by atoms with van der Waals surface area (Å²) in [7, 11) is 0. The molecule has 3 aromatic rings. The Morgan fingerprint density at radius 2 is 1.68 bits per heavy atom. The quantitative estimate of drug-likeness (QED) is 0.701. The van der Waals surface area contributed by atoms with Gasteiger partial charge in [0.15, 0.2) is 17.2 Å². The molecule has 6 heteroatoms.